The molecule has 1 N–H and O–H groups in total. The second kappa shape index (κ2) is 6.55. The summed E-state index contributed by atoms with van der Waals surface area (Å²) in [7, 11) is -3.41. The third-order valence-corrected chi connectivity index (χ3v) is 6.13. The van der Waals surface area contributed by atoms with Gasteiger partial charge in [0.15, 0.2) is 0 Å². The maximum atomic E-state index is 12.4. The molecule has 0 aromatic carbocycles. The molecule has 18 heavy (non-hydrogen) atoms. The van der Waals surface area contributed by atoms with Crippen LogP contribution in [0.2, 0.25) is 0 Å². The second-order valence-electron chi connectivity index (χ2n) is 5.33. The van der Waals surface area contributed by atoms with Gasteiger partial charge in [0.25, 0.3) is 10.2 Å². The molecule has 6 heteroatoms. The Morgan fingerprint density at radius 3 is 2.44 bits per heavy atom. The molecular formula is C12H25ClN2O2S. The Labute approximate surface area is 116 Å². The van der Waals surface area contributed by atoms with E-state index in [0.29, 0.717) is 37.7 Å². The van der Waals surface area contributed by atoms with Gasteiger partial charge in [-0.05, 0) is 31.6 Å². The number of halogens is 1. The molecule has 1 fully saturated rings. The average Bonchev–Trinajstić information content (AvgIpc) is 2.36. The van der Waals surface area contributed by atoms with Crippen LogP contribution in [0.5, 0.6) is 0 Å². The zero-order valence-corrected chi connectivity index (χ0v) is 13.1. The van der Waals surface area contributed by atoms with E-state index in [1.54, 1.807) is 4.31 Å². The van der Waals surface area contributed by atoms with Gasteiger partial charge in [0.2, 0.25) is 0 Å². The molecule has 0 aromatic rings. The molecule has 1 aliphatic rings. The van der Waals surface area contributed by atoms with Gasteiger partial charge in [-0.25, -0.2) is 0 Å². The molecule has 0 aromatic heterocycles. The molecule has 0 bridgehead atoms. The first-order valence-electron chi connectivity index (χ1n) is 6.74. The van der Waals surface area contributed by atoms with Gasteiger partial charge in [-0.1, -0.05) is 20.8 Å². The van der Waals surface area contributed by atoms with E-state index in [1.165, 1.54) is 0 Å². The van der Waals surface area contributed by atoms with Crippen molar-refractivity contribution in [2.75, 3.05) is 19.0 Å². The van der Waals surface area contributed by atoms with Crippen molar-refractivity contribution in [2.24, 2.45) is 5.92 Å². The van der Waals surface area contributed by atoms with E-state index in [1.807, 2.05) is 13.8 Å². The third kappa shape index (κ3) is 3.83. The van der Waals surface area contributed by atoms with Crippen molar-refractivity contribution < 1.29 is 8.42 Å². The summed E-state index contributed by atoms with van der Waals surface area (Å²) < 4.78 is 29.1. The standard InChI is InChI=1S/C12H25ClN2O2S/c1-4-12(5-2,10-13)14-18(16,17)15-8-6-7-11(3)9-15/h11,14H,4-10H2,1-3H3. The van der Waals surface area contributed by atoms with E-state index in [2.05, 4.69) is 11.6 Å². The molecule has 1 saturated heterocycles. The van der Waals surface area contributed by atoms with Crippen molar-refractivity contribution in [3.05, 3.63) is 0 Å². The lowest BCUT2D eigenvalue weighted by Gasteiger charge is -2.36. The van der Waals surface area contributed by atoms with Crippen LogP contribution in [0.4, 0.5) is 0 Å². The molecule has 1 rings (SSSR count). The fourth-order valence-electron chi connectivity index (χ4n) is 2.31. The summed E-state index contributed by atoms with van der Waals surface area (Å²) in [6.45, 7) is 7.25. The molecule has 0 spiro atoms. The molecule has 108 valence electrons. The van der Waals surface area contributed by atoms with Gasteiger partial charge < -0.3 is 0 Å². The zero-order chi connectivity index (χ0) is 13.8. The summed E-state index contributed by atoms with van der Waals surface area (Å²) >= 11 is 5.95. The smallest absolute Gasteiger partial charge is 0.195 e. The highest BCUT2D eigenvalue weighted by atomic mass is 35.5. The Bertz CT molecular complexity index is 347. The number of hydrogen-bond acceptors (Lipinski definition) is 2. The number of nitrogens with zero attached hydrogens (tertiary/aromatic N) is 1. The molecule has 1 heterocycles. The SMILES string of the molecule is CCC(CC)(CCl)NS(=O)(=O)N1CCCC(C)C1. The lowest BCUT2D eigenvalue weighted by molar-refractivity contribution is 0.269. The van der Waals surface area contributed by atoms with Crippen molar-refractivity contribution in [2.45, 2.75) is 52.0 Å². The predicted octanol–water partition coefficient (Wildman–Crippen LogP) is 2.35. The quantitative estimate of drug-likeness (QED) is 0.765. The maximum Gasteiger partial charge on any atom is 0.280 e. The van der Waals surface area contributed by atoms with Gasteiger partial charge in [0.05, 0.1) is 0 Å². The molecule has 1 aliphatic heterocycles. The van der Waals surface area contributed by atoms with Crippen molar-refractivity contribution in [1.82, 2.24) is 9.03 Å². The number of hydrogen-bond donors (Lipinski definition) is 1. The Morgan fingerprint density at radius 2 is 2.00 bits per heavy atom. The van der Waals surface area contributed by atoms with Crippen molar-refractivity contribution in [3.63, 3.8) is 0 Å². The van der Waals surface area contributed by atoms with Crippen LogP contribution >= 0.6 is 11.6 Å². The normalized spacial score (nSPS) is 23.2. The van der Waals surface area contributed by atoms with Crippen molar-refractivity contribution in [1.29, 1.82) is 0 Å². The Morgan fingerprint density at radius 1 is 1.39 bits per heavy atom. The molecule has 0 aliphatic carbocycles. The average molecular weight is 297 g/mol. The molecular weight excluding hydrogens is 272 g/mol. The number of piperidine rings is 1. The molecule has 0 radical (unpaired) electrons. The molecule has 1 unspecified atom stereocenters. The Kier molecular flexibility index (Phi) is 5.90. The van der Waals surface area contributed by atoms with E-state index in [4.69, 9.17) is 11.6 Å². The summed E-state index contributed by atoms with van der Waals surface area (Å²) in [5.41, 5.74) is -0.513. The van der Waals surface area contributed by atoms with Gasteiger partial charge in [-0.2, -0.15) is 17.4 Å². The summed E-state index contributed by atoms with van der Waals surface area (Å²) in [6, 6.07) is 0. The highest BCUT2D eigenvalue weighted by Crippen LogP contribution is 2.22. The minimum Gasteiger partial charge on any atom is -0.195 e. The number of alkyl halides is 1. The maximum absolute atomic E-state index is 12.4. The van der Waals surface area contributed by atoms with Gasteiger partial charge >= 0.3 is 0 Å². The molecule has 0 amide bonds. The van der Waals surface area contributed by atoms with E-state index in [-0.39, 0.29) is 0 Å². The lowest BCUT2D eigenvalue weighted by atomic mass is 9.97. The largest absolute Gasteiger partial charge is 0.280 e. The topological polar surface area (TPSA) is 49.4 Å². The first kappa shape index (κ1) is 16.2. The van der Waals surface area contributed by atoms with Gasteiger partial charge in [0.1, 0.15) is 0 Å². The van der Waals surface area contributed by atoms with Gasteiger partial charge in [0, 0.05) is 24.5 Å². The van der Waals surface area contributed by atoms with Crippen LogP contribution in [0.1, 0.15) is 46.5 Å². The minimum absolute atomic E-state index is 0.308. The van der Waals surface area contributed by atoms with E-state index in [0.717, 1.165) is 12.8 Å². The lowest BCUT2D eigenvalue weighted by Crippen LogP contribution is -2.55. The summed E-state index contributed by atoms with van der Waals surface area (Å²) in [5, 5.41) is 0. The van der Waals surface area contributed by atoms with Crippen LogP contribution in [0.3, 0.4) is 0 Å². The van der Waals surface area contributed by atoms with E-state index >= 15 is 0 Å². The van der Waals surface area contributed by atoms with Crippen molar-refractivity contribution in [3.8, 4) is 0 Å². The summed E-state index contributed by atoms with van der Waals surface area (Å²) in [4.78, 5) is 0. The molecule has 0 saturated carbocycles. The Balaban J connectivity index is 2.80. The van der Waals surface area contributed by atoms with Crippen LogP contribution in [-0.4, -0.2) is 37.2 Å². The highest BCUT2D eigenvalue weighted by molar-refractivity contribution is 7.87. The first-order chi connectivity index (χ1) is 8.39. The van der Waals surface area contributed by atoms with Crippen LogP contribution in [-0.2, 0) is 10.2 Å². The fourth-order valence-corrected chi connectivity index (χ4v) is 4.69. The van der Waals surface area contributed by atoms with Crippen LogP contribution in [0.15, 0.2) is 0 Å². The predicted molar refractivity (Wildman–Crippen MR) is 76.1 cm³/mol. The van der Waals surface area contributed by atoms with Gasteiger partial charge in [-0.15, -0.1) is 11.6 Å². The summed E-state index contributed by atoms with van der Waals surface area (Å²) in [5.74, 6) is 0.742. The van der Waals surface area contributed by atoms with E-state index in [9.17, 15) is 8.42 Å². The van der Waals surface area contributed by atoms with Crippen molar-refractivity contribution >= 4 is 21.8 Å². The zero-order valence-electron chi connectivity index (χ0n) is 11.6. The monoisotopic (exact) mass is 296 g/mol. The molecule has 4 nitrogen and oxygen atoms in total. The Hall–Kier alpha value is 0.160. The van der Waals surface area contributed by atoms with Gasteiger partial charge in [-0.3, -0.25) is 0 Å². The van der Waals surface area contributed by atoms with Crippen LogP contribution < -0.4 is 4.72 Å². The third-order valence-electron chi connectivity index (χ3n) is 3.91. The molecule has 1 atom stereocenters. The minimum atomic E-state index is -3.41. The first-order valence-corrected chi connectivity index (χ1v) is 8.71. The second-order valence-corrected chi connectivity index (χ2v) is 7.27. The number of nitrogens with one attached hydrogen (secondary N) is 1. The van der Waals surface area contributed by atoms with E-state index < -0.39 is 15.7 Å². The summed E-state index contributed by atoms with van der Waals surface area (Å²) in [6.07, 6.45) is 3.45. The van der Waals surface area contributed by atoms with Crippen LogP contribution in [0, 0.1) is 5.92 Å². The number of rotatable bonds is 6. The van der Waals surface area contributed by atoms with Crippen LogP contribution in [0.25, 0.3) is 0 Å². The fraction of sp³-hybridized carbons (Fsp3) is 1.00. The highest BCUT2D eigenvalue weighted by Gasteiger charge is 2.35.